The lowest BCUT2D eigenvalue weighted by molar-refractivity contribution is -0.151. The Bertz CT molecular complexity index is 505. The zero-order chi connectivity index (χ0) is 14.7. The molecule has 2 unspecified atom stereocenters. The maximum absolute atomic E-state index is 12.2. The molecule has 4 heteroatoms. The molecule has 3 rings (SSSR count). The Labute approximate surface area is 131 Å². The van der Waals surface area contributed by atoms with E-state index in [0.717, 1.165) is 31.7 Å². The number of esters is 1. The van der Waals surface area contributed by atoms with E-state index >= 15 is 0 Å². The van der Waals surface area contributed by atoms with E-state index in [-0.39, 0.29) is 12.0 Å². The van der Waals surface area contributed by atoms with Crippen LogP contribution in [0.5, 0.6) is 0 Å². The highest BCUT2D eigenvalue weighted by atomic mass is 32.2. The van der Waals surface area contributed by atoms with Gasteiger partial charge in [0.25, 0.3) is 0 Å². The summed E-state index contributed by atoms with van der Waals surface area (Å²) in [6.45, 7) is 4.36. The van der Waals surface area contributed by atoms with Gasteiger partial charge < -0.3 is 4.74 Å². The minimum atomic E-state index is -0.0314. The van der Waals surface area contributed by atoms with Crippen molar-refractivity contribution in [2.24, 2.45) is 0 Å². The highest BCUT2D eigenvalue weighted by Gasteiger charge is 2.33. The lowest BCUT2D eigenvalue weighted by atomic mass is 9.96. The molecule has 2 heterocycles. The Kier molecular flexibility index (Phi) is 4.86. The molecule has 21 heavy (non-hydrogen) atoms. The van der Waals surface area contributed by atoms with E-state index in [1.165, 1.54) is 16.9 Å². The number of likely N-dealkylation sites (tertiary alicyclic amines) is 1. The number of piperidine rings is 1. The molecule has 3 nitrogen and oxygen atoms in total. The topological polar surface area (TPSA) is 29.5 Å². The molecule has 114 valence electrons. The zero-order valence-electron chi connectivity index (χ0n) is 12.6. The van der Waals surface area contributed by atoms with Crippen molar-refractivity contribution in [2.45, 2.75) is 43.0 Å². The molecule has 2 atom stereocenters. The van der Waals surface area contributed by atoms with Crippen LogP contribution in [0.1, 0.15) is 37.7 Å². The summed E-state index contributed by atoms with van der Waals surface area (Å²) in [4.78, 5) is 15.9. The summed E-state index contributed by atoms with van der Waals surface area (Å²) in [6.07, 6.45) is 3.27. The first-order chi connectivity index (χ1) is 10.3. The third-order valence-corrected chi connectivity index (χ3v) is 5.68. The first-order valence-electron chi connectivity index (χ1n) is 7.92. The van der Waals surface area contributed by atoms with Gasteiger partial charge in [-0.3, -0.25) is 9.69 Å². The number of ether oxygens (including phenoxy) is 1. The van der Waals surface area contributed by atoms with E-state index in [4.69, 9.17) is 4.74 Å². The second kappa shape index (κ2) is 6.84. The summed E-state index contributed by atoms with van der Waals surface area (Å²) in [5.74, 6) is 1.64. The number of nitrogens with zero attached hydrogens (tertiary/aromatic N) is 1. The molecule has 0 spiro atoms. The fourth-order valence-electron chi connectivity index (χ4n) is 3.38. The van der Waals surface area contributed by atoms with Gasteiger partial charge in [-0.25, -0.2) is 0 Å². The van der Waals surface area contributed by atoms with Gasteiger partial charge in [0.05, 0.1) is 6.61 Å². The van der Waals surface area contributed by atoms with Crippen LogP contribution in [0.2, 0.25) is 0 Å². The highest BCUT2D eigenvalue weighted by molar-refractivity contribution is 7.99. The molecule has 1 fully saturated rings. The van der Waals surface area contributed by atoms with E-state index in [1.807, 2.05) is 18.7 Å². The molecule has 0 radical (unpaired) electrons. The lowest BCUT2D eigenvalue weighted by Gasteiger charge is -2.35. The van der Waals surface area contributed by atoms with Gasteiger partial charge in [-0.05, 0) is 37.9 Å². The molecule has 0 aliphatic carbocycles. The standard InChI is InChI=1S/C17H23NO2S/c1-2-20-17(19)15-8-5-6-10-18(15)11-13-12-21-16-9-4-3-7-14(13)16/h3-4,7,9,13,15H,2,5-6,8,10-12H2,1H3. The Morgan fingerprint density at radius 1 is 1.38 bits per heavy atom. The summed E-state index contributed by atoms with van der Waals surface area (Å²) >= 11 is 1.94. The Morgan fingerprint density at radius 2 is 2.24 bits per heavy atom. The minimum Gasteiger partial charge on any atom is -0.465 e. The number of thioether (sulfide) groups is 1. The SMILES string of the molecule is CCOC(=O)C1CCCCN1CC1CSc2ccccc21. The van der Waals surface area contributed by atoms with Crippen LogP contribution in [-0.4, -0.2) is 42.4 Å². The summed E-state index contributed by atoms with van der Waals surface area (Å²) in [7, 11) is 0. The zero-order valence-corrected chi connectivity index (χ0v) is 13.4. The van der Waals surface area contributed by atoms with E-state index in [0.29, 0.717) is 12.5 Å². The summed E-state index contributed by atoms with van der Waals surface area (Å²) in [6, 6.07) is 8.65. The Hall–Kier alpha value is -1.00. The average Bonchev–Trinajstić information content (AvgIpc) is 2.91. The minimum absolute atomic E-state index is 0.0311. The van der Waals surface area contributed by atoms with Gasteiger partial charge in [0.2, 0.25) is 0 Å². The van der Waals surface area contributed by atoms with Gasteiger partial charge in [0.15, 0.2) is 0 Å². The molecule has 0 bridgehead atoms. The largest absolute Gasteiger partial charge is 0.465 e. The van der Waals surface area contributed by atoms with Gasteiger partial charge in [0, 0.05) is 23.1 Å². The maximum Gasteiger partial charge on any atom is 0.323 e. The number of rotatable bonds is 4. The molecule has 0 N–H and O–H groups in total. The fraction of sp³-hybridized carbons (Fsp3) is 0.588. The predicted molar refractivity (Wildman–Crippen MR) is 85.8 cm³/mol. The number of carbonyl (C=O) groups is 1. The molecule has 2 aliphatic heterocycles. The first kappa shape index (κ1) is 14.9. The van der Waals surface area contributed by atoms with Crippen molar-refractivity contribution in [1.29, 1.82) is 0 Å². The lowest BCUT2D eigenvalue weighted by Crippen LogP contribution is -2.47. The van der Waals surface area contributed by atoms with Crippen molar-refractivity contribution in [3.05, 3.63) is 29.8 Å². The average molecular weight is 305 g/mol. The molecule has 0 amide bonds. The Morgan fingerprint density at radius 3 is 3.10 bits per heavy atom. The molecule has 1 aromatic carbocycles. The maximum atomic E-state index is 12.2. The van der Waals surface area contributed by atoms with Crippen LogP contribution in [0.25, 0.3) is 0 Å². The molecule has 1 aromatic rings. The molecule has 0 aromatic heterocycles. The smallest absolute Gasteiger partial charge is 0.323 e. The van der Waals surface area contributed by atoms with Gasteiger partial charge in [-0.1, -0.05) is 24.6 Å². The second-order valence-corrected chi connectivity index (χ2v) is 6.87. The molecular formula is C17H23NO2S. The van der Waals surface area contributed by atoms with Crippen LogP contribution in [0.15, 0.2) is 29.2 Å². The fourth-order valence-corrected chi connectivity index (χ4v) is 4.62. The van der Waals surface area contributed by atoms with Crippen molar-refractivity contribution in [3.8, 4) is 0 Å². The number of fused-ring (bicyclic) bond motifs is 1. The number of carbonyl (C=O) groups excluding carboxylic acids is 1. The van der Waals surface area contributed by atoms with Crippen molar-refractivity contribution in [2.75, 3.05) is 25.4 Å². The summed E-state index contributed by atoms with van der Waals surface area (Å²) in [5.41, 5.74) is 1.45. The third kappa shape index (κ3) is 3.27. The molecule has 2 aliphatic rings. The van der Waals surface area contributed by atoms with Crippen LogP contribution in [0.3, 0.4) is 0 Å². The van der Waals surface area contributed by atoms with Gasteiger partial charge >= 0.3 is 5.97 Å². The quantitative estimate of drug-likeness (QED) is 0.798. The molecule has 1 saturated heterocycles. The van der Waals surface area contributed by atoms with Crippen molar-refractivity contribution in [1.82, 2.24) is 4.90 Å². The highest BCUT2D eigenvalue weighted by Crippen LogP contribution is 2.40. The van der Waals surface area contributed by atoms with Crippen molar-refractivity contribution in [3.63, 3.8) is 0 Å². The number of hydrogen-bond donors (Lipinski definition) is 0. The van der Waals surface area contributed by atoms with Crippen LogP contribution in [0, 0.1) is 0 Å². The third-order valence-electron chi connectivity index (χ3n) is 4.43. The van der Waals surface area contributed by atoms with E-state index in [9.17, 15) is 4.79 Å². The molecular weight excluding hydrogens is 282 g/mol. The second-order valence-electron chi connectivity index (χ2n) is 5.80. The monoisotopic (exact) mass is 305 g/mol. The molecule has 0 saturated carbocycles. The van der Waals surface area contributed by atoms with Gasteiger partial charge in [0.1, 0.15) is 6.04 Å². The Balaban J connectivity index is 1.69. The first-order valence-corrected chi connectivity index (χ1v) is 8.90. The van der Waals surface area contributed by atoms with Crippen molar-refractivity contribution < 1.29 is 9.53 Å². The van der Waals surface area contributed by atoms with Gasteiger partial charge in [-0.15, -0.1) is 11.8 Å². The van der Waals surface area contributed by atoms with E-state index in [1.54, 1.807) is 0 Å². The summed E-state index contributed by atoms with van der Waals surface area (Å²) < 4.78 is 5.26. The van der Waals surface area contributed by atoms with Crippen LogP contribution >= 0.6 is 11.8 Å². The summed E-state index contributed by atoms with van der Waals surface area (Å²) in [5, 5.41) is 0. The number of benzene rings is 1. The number of hydrogen-bond acceptors (Lipinski definition) is 4. The predicted octanol–water partition coefficient (Wildman–Crippen LogP) is 3.29. The normalized spacial score (nSPS) is 25.6. The van der Waals surface area contributed by atoms with E-state index in [2.05, 4.69) is 29.2 Å². The van der Waals surface area contributed by atoms with Crippen LogP contribution < -0.4 is 0 Å². The van der Waals surface area contributed by atoms with E-state index < -0.39 is 0 Å². The van der Waals surface area contributed by atoms with Gasteiger partial charge in [-0.2, -0.15) is 0 Å². The van der Waals surface area contributed by atoms with Crippen LogP contribution in [-0.2, 0) is 9.53 Å². The van der Waals surface area contributed by atoms with Crippen LogP contribution in [0.4, 0.5) is 0 Å². The van der Waals surface area contributed by atoms with Crippen molar-refractivity contribution >= 4 is 17.7 Å².